The lowest BCUT2D eigenvalue weighted by atomic mass is 9.79. The van der Waals surface area contributed by atoms with Gasteiger partial charge in [-0.3, -0.25) is 4.79 Å². The molecule has 27 heavy (non-hydrogen) atoms. The van der Waals surface area contributed by atoms with Gasteiger partial charge in [-0.15, -0.1) is 0 Å². The SMILES string of the molecule is CCN(CC)C(=O)C1C=C2c3c(F)cc(F)c4[nH]c(F)c(c34)C[C@@H]2[NH+](C)C1. The van der Waals surface area contributed by atoms with E-state index >= 15 is 0 Å². The number of nitrogens with one attached hydrogen (secondary N) is 2. The van der Waals surface area contributed by atoms with Crippen LogP contribution in [0.25, 0.3) is 16.5 Å². The highest BCUT2D eigenvalue weighted by molar-refractivity contribution is 5.99. The molecule has 0 saturated carbocycles. The number of benzene rings is 1. The monoisotopic (exact) mass is 378 g/mol. The Hall–Kier alpha value is -2.28. The van der Waals surface area contributed by atoms with Gasteiger partial charge in [-0.25, -0.2) is 8.78 Å². The Labute approximate surface area is 155 Å². The van der Waals surface area contributed by atoms with Gasteiger partial charge in [-0.2, -0.15) is 4.39 Å². The first-order valence-corrected chi connectivity index (χ1v) is 9.38. The number of fused-ring (bicyclic) bond motifs is 2. The van der Waals surface area contributed by atoms with Gasteiger partial charge >= 0.3 is 0 Å². The molecule has 1 aliphatic carbocycles. The standard InChI is InChI=1S/C20H22F3N3O/c1-4-26(5-2)20(27)10-6-11-15(25(3)9-10)7-12-17-16(11)13(21)8-14(22)18(17)24-19(12)23/h6,8,10,15,24H,4-5,7,9H2,1-3H3/p+1/t10?,15-/m0/s1. The molecule has 7 heteroatoms. The molecule has 2 aliphatic rings. The van der Waals surface area contributed by atoms with Crippen molar-refractivity contribution in [1.82, 2.24) is 9.88 Å². The minimum atomic E-state index is -0.803. The molecule has 0 fully saturated rings. The highest BCUT2D eigenvalue weighted by Gasteiger charge is 2.42. The zero-order valence-corrected chi connectivity index (χ0v) is 15.6. The molecule has 1 aromatic carbocycles. The van der Waals surface area contributed by atoms with E-state index in [1.165, 1.54) is 0 Å². The smallest absolute Gasteiger partial charge is 0.235 e. The van der Waals surface area contributed by atoms with E-state index in [0.29, 0.717) is 37.2 Å². The Morgan fingerprint density at radius 2 is 1.96 bits per heavy atom. The molecule has 0 spiro atoms. The van der Waals surface area contributed by atoms with E-state index < -0.39 is 17.6 Å². The van der Waals surface area contributed by atoms with Gasteiger partial charge in [-0.05, 0) is 13.8 Å². The minimum absolute atomic E-state index is 0.00639. The first kappa shape index (κ1) is 18.1. The van der Waals surface area contributed by atoms with Crippen molar-refractivity contribution in [3.8, 4) is 0 Å². The van der Waals surface area contributed by atoms with Crippen molar-refractivity contribution in [3.63, 3.8) is 0 Å². The number of nitrogens with zero attached hydrogens (tertiary/aromatic N) is 1. The Bertz CT molecular complexity index is 961. The summed E-state index contributed by atoms with van der Waals surface area (Å²) in [5, 5.41) is 0.274. The molecule has 1 amide bonds. The van der Waals surface area contributed by atoms with Crippen LogP contribution in [0, 0.1) is 23.5 Å². The number of likely N-dealkylation sites (N-methyl/N-ethyl adjacent to an activating group) is 1. The molecule has 1 aromatic heterocycles. The Morgan fingerprint density at radius 3 is 2.63 bits per heavy atom. The lowest BCUT2D eigenvalue weighted by molar-refractivity contribution is -0.900. The summed E-state index contributed by atoms with van der Waals surface area (Å²) in [6.45, 7) is 5.64. The Kier molecular flexibility index (Phi) is 4.29. The van der Waals surface area contributed by atoms with Gasteiger partial charge < -0.3 is 14.8 Å². The average Bonchev–Trinajstić information content (AvgIpc) is 2.97. The van der Waals surface area contributed by atoms with Crippen LogP contribution in [0.2, 0.25) is 0 Å². The molecule has 4 nitrogen and oxygen atoms in total. The molecule has 2 N–H and O–H groups in total. The summed E-state index contributed by atoms with van der Waals surface area (Å²) in [7, 11) is 1.94. The van der Waals surface area contributed by atoms with Crippen LogP contribution >= 0.6 is 0 Å². The van der Waals surface area contributed by atoms with E-state index in [4.69, 9.17) is 0 Å². The molecular formula is C20H23F3N3O+. The second-order valence-electron chi connectivity index (χ2n) is 7.43. The molecule has 0 saturated heterocycles. The average molecular weight is 378 g/mol. The number of hydrogen-bond acceptors (Lipinski definition) is 1. The zero-order chi connectivity index (χ0) is 19.5. The number of aromatic nitrogens is 1. The number of rotatable bonds is 3. The van der Waals surface area contributed by atoms with Crippen molar-refractivity contribution in [2.75, 3.05) is 26.7 Å². The van der Waals surface area contributed by atoms with Crippen molar-refractivity contribution >= 4 is 22.4 Å². The predicted molar refractivity (Wildman–Crippen MR) is 96.8 cm³/mol. The molecule has 2 unspecified atom stereocenters. The fourth-order valence-electron chi connectivity index (χ4n) is 4.63. The third-order valence-corrected chi connectivity index (χ3v) is 6.01. The molecule has 1 aliphatic heterocycles. The number of quaternary nitrogens is 1. The van der Waals surface area contributed by atoms with Gasteiger partial charge in [0.15, 0.2) is 5.95 Å². The van der Waals surface area contributed by atoms with Gasteiger partial charge in [0.05, 0.1) is 19.1 Å². The molecule has 144 valence electrons. The van der Waals surface area contributed by atoms with Gasteiger partial charge in [0.1, 0.15) is 23.6 Å². The summed E-state index contributed by atoms with van der Waals surface area (Å²) >= 11 is 0. The lowest BCUT2D eigenvalue weighted by Crippen LogP contribution is -3.15. The van der Waals surface area contributed by atoms with Gasteiger partial charge in [-0.1, -0.05) is 6.08 Å². The fourth-order valence-corrected chi connectivity index (χ4v) is 4.63. The Morgan fingerprint density at radius 1 is 1.26 bits per heavy atom. The number of hydrogen-bond donors (Lipinski definition) is 2. The summed E-state index contributed by atoms with van der Waals surface area (Å²) in [6.07, 6.45) is 2.17. The second-order valence-corrected chi connectivity index (χ2v) is 7.43. The summed E-state index contributed by atoms with van der Waals surface area (Å²) < 4.78 is 43.3. The number of H-pyrrole nitrogens is 1. The van der Waals surface area contributed by atoms with Crippen LogP contribution < -0.4 is 4.90 Å². The highest BCUT2D eigenvalue weighted by atomic mass is 19.1. The van der Waals surface area contributed by atoms with Gasteiger partial charge in [0.2, 0.25) is 5.91 Å². The summed E-state index contributed by atoms with van der Waals surface area (Å²) in [5.41, 5.74) is 1.23. The molecule has 2 heterocycles. The third kappa shape index (κ3) is 2.59. The number of aromatic amines is 1. The van der Waals surface area contributed by atoms with Crippen molar-refractivity contribution in [2.24, 2.45) is 5.92 Å². The quantitative estimate of drug-likeness (QED) is 0.842. The topological polar surface area (TPSA) is 40.5 Å². The van der Waals surface area contributed by atoms with E-state index in [0.717, 1.165) is 11.0 Å². The van der Waals surface area contributed by atoms with E-state index in [2.05, 4.69) is 4.98 Å². The first-order chi connectivity index (χ1) is 12.9. The maximum absolute atomic E-state index is 14.8. The van der Waals surface area contributed by atoms with Gasteiger partial charge in [0, 0.05) is 47.7 Å². The van der Waals surface area contributed by atoms with Crippen LogP contribution in [0.1, 0.15) is 25.0 Å². The molecule has 0 radical (unpaired) electrons. The lowest BCUT2D eigenvalue weighted by Gasteiger charge is -2.37. The van der Waals surface area contributed by atoms with E-state index in [9.17, 15) is 18.0 Å². The summed E-state index contributed by atoms with van der Waals surface area (Å²) in [5.74, 6) is -2.48. The molecule has 2 aromatic rings. The summed E-state index contributed by atoms with van der Waals surface area (Å²) in [6, 6.07) is 0.637. The number of halogens is 3. The minimum Gasteiger partial charge on any atom is -0.343 e. The van der Waals surface area contributed by atoms with Crippen molar-refractivity contribution in [2.45, 2.75) is 26.3 Å². The van der Waals surface area contributed by atoms with E-state index in [1.807, 2.05) is 27.0 Å². The number of carbonyl (C=O) groups excluding carboxylic acids is 1. The molecule has 3 atom stereocenters. The maximum Gasteiger partial charge on any atom is 0.235 e. The van der Waals surface area contributed by atoms with Crippen LogP contribution in [0.15, 0.2) is 12.1 Å². The van der Waals surface area contributed by atoms with Crippen molar-refractivity contribution < 1.29 is 22.9 Å². The highest BCUT2D eigenvalue weighted by Crippen LogP contribution is 2.41. The molecular weight excluding hydrogens is 355 g/mol. The van der Waals surface area contributed by atoms with Crippen molar-refractivity contribution in [3.05, 3.63) is 40.9 Å². The fraction of sp³-hybridized carbons (Fsp3) is 0.450. The molecule has 4 rings (SSSR count). The zero-order valence-electron chi connectivity index (χ0n) is 15.6. The number of amides is 1. The molecule has 0 bridgehead atoms. The van der Waals surface area contributed by atoms with Crippen molar-refractivity contribution in [1.29, 1.82) is 0 Å². The van der Waals surface area contributed by atoms with Crippen LogP contribution in [-0.4, -0.2) is 48.5 Å². The first-order valence-electron chi connectivity index (χ1n) is 9.38. The second kappa shape index (κ2) is 6.41. The van der Waals surface area contributed by atoms with Crippen LogP contribution in [-0.2, 0) is 11.2 Å². The van der Waals surface area contributed by atoms with Crippen LogP contribution in [0.5, 0.6) is 0 Å². The maximum atomic E-state index is 14.8. The normalized spacial score (nSPS) is 23.9. The summed E-state index contributed by atoms with van der Waals surface area (Å²) in [4.78, 5) is 18.1. The van der Waals surface area contributed by atoms with Crippen LogP contribution in [0.3, 0.4) is 0 Å². The predicted octanol–water partition coefficient (Wildman–Crippen LogP) is 1.91. The van der Waals surface area contributed by atoms with Crippen LogP contribution in [0.4, 0.5) is 13.2 Å². The van der Waals surface area contributed by atoms with E-state index in [1.54, 1.807) is 4.90 Å². The van der Waals surface area contributed by atoms with E-state index in [-0.39, 0.29) is 34.3 Å². The van der Waals surface area contributed by atoms with Gasteiger partial charge in [0.25, 0.3) is 0 Å². The third-order valence-electron chi connectivity index (χ3n) is 6.01. The number of carbonyl (C=O) groups is 1. The largest absolute Gasteiger partial charge is 0.343 e. The Balaban J connectivity index is 1.90.